The van der Waals surface area contributed by atoms with Crippen molar-refractivity contribution in [1.82, 2.24) is 4.90 Å². The van der Waals surface area contributed by atoms with E-state index >= 15 is 0 Å². The zero-order valence-corrected chi connectivity index (χ0v) is 11.8. The van der Waals surface area contributed by atoms with E-state index in [4.69, 9.17) is 10.5 Å². The van der Waals surface area contributed by atoms with Crippen molar-refractivity contribution in [2.75, 3.05) is 36.9 Å². The number of hydrogen-bond donors (Lipinski definition) is 1. The van der Waals surface area contributed by atoms with E-state index in [1.54, 1.807) is 0 Å². The Kier molecular flexibility index (Phi) is 3.53. The SMILES string of the molecule is CC(=O)OCCN1C[C@@H]2C[C@H]1CN2c1ccc(N)cc1. The average Bonchev–Trinajstić information content (AvgIpc) is 2.99. The van der Waals surface area contributed by atoms with E-state index in [-0.39, 0.29) is 5.97 Å². The molecule has 0 unspecified atom stereocenters. The van der Waals surface area contributed by atoms with E-state index in [0.717, 1.165) is 25.3 Å². The molecular formula is C15H21N3O2. The Hall–Kier alpha value is -1.75. The van der Waals surface area contributed by atoms with Gasteiger partial charge in [-0.2, -0.15) is 0 Å². The molecule has 108 valence electrons. The van der Waals surface area contributed by atoms with E-state index < -0.39 is 0 Å². The van der Waals surface area contributed by atoms with Gasteiger partial charge in [0.1, 0.15) is 6.61 Å². The Labute approximate surface area is 119 Å². The van der Waals surface area contributed by atoms with Gasteiger partial charge in [-0.15, -0.1) is 0 Å². The minimum atomic E-state index is -0.196. The number of hydrogen-bond acceptors (Lipinski definition) is 5. The molecule has 2 aliphatic heterocycles. The number of esters is 1. The molecule has 5 heteroatoms. The van der Waals surface area contributed by atoms with Crippen LogP contribution in [0.5, 0.6) is 0 Å². The molecule has 5 nitrogen and oxygen atoms in total. The number of likely N-dealkylation sites (tertiary alicyclic amines) is 1. The van der Waals surface area contributed by atoms with E-state index in [9.17, 15) is 4.79 Å². The first-order chi connectivity index (χ1) is 9.63. The van der Waals surface area contributed by atoms with Gasteiger partial charge in [-0.05, 0) is 30.7 Å². The summed E-state index contributed by atoms with van der Waals surface area (Å²) in [5.41, 5.74) is 7.80. The van der Waals surface area contributed by atoms with Crippen LogP contribution in [0.15, 0.2) is 24.3 Å². The molecule has 0 amide bonds. The lowest BCUT2D eigenvalue weighted by Crippen LogP contribution is -2.47. The molecule has 2 N–H and O–H groups in total. The molecule has 0 saturated carbocycles. The van der Waals surface area contributed by atoms with Crippen LogP contribution in [-0.2, 0) is 9.53 Å². The number of rotatable bonds is 4. The summed E-state index contributed by atoms with van der Waals surface area (Å²) in [6, 6.07) is 9.26. The van der Waals surface area contributed by atoms with Crippen LogP contribution in [-0.4, -0.2) is 49.2 Å². The van der Waals surface area contributed by atoms with Crippen LogP contribution in [0, 0.1) is 0 Å². The number of ether oxygens (including phenoxy) is 1. The van der Waals surface area contributed by atoms with Crippen LogP contribution >= 0.6 is 0 Å². The second-order valence-corrected chi connectivity index (χ2v) is 5.62. The summed E-state index contributed by atoms with van der Waals surface area (Å²) < 4.78 is 5.03. The van der Waals surface area contributed by atoms with Crippen LogP contribution in [0.2, 0.25) is 0 Å². The van der Waals surface area contributed by atoms with Crippen molar-refractivity contribution < 1.29 is 9.53 Å². The number of piperazine rings is 1. The highest BCUT2D eigenvalue weighted by molar-refractivity contribution is 5.65. The van der Waals surface area contributed by atoms with E-state index in [0.29, 0.717) is 18.7 Å². The third kappa shape index (κ3) is 2.58. The Morgan fingerprint density at radius 2 is 2.05 bits per heavy atom. The summed E-state index contributed by atoms with van der Waals surface area (Å²) in [4.78, 5) is 15.7. The summed E-state index contributed by atoms with van der Waals surface area (Å²) in [5.74, 6) is -0.196. The van der Waals surface area contributed by atoms with Crippen molar-refractivity contribution in [2.45, 2.75) is 25.4 Å². The topological polar surface area (TPSA) is 58.8 Å². The molecular weight excluding hydrogens is 254 g/mol. The van der Waals surface area contributed by atoms with Crippen LogP contribution < -0.4 is 10.6 Å². The standard InChI is InChI=1S/C15H21N3O2/c1-11(19)20-7-6-17-9-15-8-14(17)10-18(15)13-4-2-12(16)3-5-13/h2-5,14-15H,6-10,16H2,1H3/t14-,15-/m0/s1. The fourth-order valence-corrected chi connectivity index (χ4v) is 3.31. The highest BCUT2D eigenvalue weighted by Gasteiger charge is 2.42. The minimum absolute atomic E-state index is 0.196. The Bertz CT molecular complexity index is 488. The highest BCUT2D eigenvalue weighted by Crippen LogP contribution is 2.34. The van der Waals surface area contributed by atoms with Gasteiger partial charge in [-0.1, -0.05) is 0 Å². The maximum atomic E-state index is 10.8. The van der Waals surface area contributed by atoms with Gasteiger partial charge in [0, 0.05) is 50.0 Å². The highest BCUT2D eigenvalue weighted by atomic mass is 16.5. The van der Waals surface area contributed by atoms with Gasteiger partial charge in [-0.25, -0.2) is 0 Å². The van der Waals surface area contributed by atoms with Crippen molar-refractivity contribution in [1.29, 1.82) is 0 Å². The van der Waals surface area contributed by atoms with Crippen molar-refractivity contribution in [3.8, 4) is 0 Å². The predicted octanol–water partition coefficient (Wildman–Crippen LogP) is 1.09. The normalized spacial score (nSPS) is 25.1. The summed E-state index contributed by atoms with van der Waals surface area (Å²) in [5, 5.41) is 0. The van der Waals surface area contributed by atoms with Crippen molar-refractivity contribution in [2.24, 2.45) is 0 Å². The van der Waals surface area contributed by atoms with Gasteiger partial charge in [0.15, 0.2) is 0 Å². The molecule has 0 aromatic heterocycles. The second kappa shape index (κ2) is 5.32. The maximum Gasteiger partial charge on any atom is 0.302 e. The van der Waals surface area contributed by atoms with Crippen molar-refractivity contribution >= 4 is 17.3 Å². The molecule has 0 radical (unpaired) electrons. The number of benzene rings is 1. The number of nitrogen functional groups attached to an aromatic ring is 1. The second-order valence-electron chi connectivity index (χ2n) is 5.62. The molecule has 0 aliphatic carbocycles. The lowest BCUT2D eigenvalue weighted by molar-refractivity contribution is -0.141. The van der Waals surface area contributed by atoms with Crippen molar-refractivity contribution in [3.05, 3.63) is 24.3 Å². The fraction of sp³-hybridized carbons (Fsp3) is 0.533. The van der Waals surface area contributed by atoms with Gasteiger partial charge in [0.05, 0.1) is 0 Å². The number of nitrogens with zero attached hydrogens (tertiary/aromatic N) is 2. The van der Waals surface area contributed by atoms with Gasteiger partial charge < -0.3 is 15.4 Å². The lowest BCUT2D eigenvalue weighted by Gasteiger charge is -2.35. The first kappa shape index (κ1) is 13.2. The summed E-state index contributed by atoms with van der Waals surface area (Å²) in [7, 11) is 0. The molecule has 1 aromatic carbocycles. The van der Waals surface area contributed by atoms with Crippen LogP contribution in [0.3, 0.4) is 0 Å². The molecule has 2 aliphatic rings. The van der Waals surface area contributed by atoms with Gasteiger partial charge in [0.25, 0.3) is 0 Å². The Morgan fingerprint density at radius 1 is 1.30 bits per heavy atom. The number of carbonyl (C=O) groups is 1. The molecule has 2 saturated heterocycles. The monoisotopic (exact) mass is 275 g/mol. The molecule has 2 bridgehead atoms. The summed E-state index contributed by atoms with van der Waals surface area (Å²) in [6.07, 6.45) is 1.20. The Balaban J connectivity index is 1.56. The molecule has 2 atom stereocenters. The lowest BCUT2D eigenvalue weighted by atomic mass is 10.2. The average molecular weight is 275 g/mol. The smallest absolute Gasteiger partial charge is 0.302 e. The summed E-state index contributed by atoms with van der Waals surface area (Å²) >= 11 is 0. The van der Waals surface area contributed by atoms with E-state index in [1.807, 2.05) is 12.1 Å². The molecule has 2 heterocycles. The fourth-order valence-electron chi connectivity index (χ4n) is 3.31. The molecule has 0 spiro atoms. The van der Waals surface area contributed by atoms with E-state index in [2.05, 4.69) is 21.9 Å². The third-order valence-electron chi connectivity index (χ3n) is 4.26. The first-order valence-electron chi connectivity index (χ1n) is 7.13. The van der Waals surface area contributed by atoms with Gasteiger partial charge in [0.2, 0.25) is 0 Å². The molecule has 20 heavy (non-hydrogen) atoms. The molecule has 1 aromatic rings. The van der Waals surface area contributed by atoms with Gasteiger partial charge in [-0.3, -0.25) is 9.69 Å². The molecule has 3 rings (SSSR count). The Morgan fingerprint density at radius 3 is 2.65 bits per heavy atom. The minimum Gasteiger partial charge on any atom is -0.465 e. The van der Waals surface area contributed by atoms with Gasteiger partial charge >= 0.3 is 5.97 Å². The van der Waals surface area contributed by atoms with Crippen LogP contribution in [0.25, 0.3) is 0 Å². The number of anilines is 2. The predicted molar refractivity (Wildman–Crippen MR) is 78.6 cm³/mol. The number of nitrogens with two attached hydrogens (primary N) is 1. The van der Waals surface area contributed by atoms with E-state index in [1.165, 1.54) is 19.0 Å². The summed E-state index contributed by atoms with van der Waals surface area (Å²) in [6.45, 7) is 4.90. The number of fused-ring (bicyclic) bond motifs is 2. The maximum absolute atomic E-state index is 10.8. The quantitative estimate of drug-likeness (QED) is 0.658. The zero-order chi connectivity index (χ0) is 14.1. The third-order valence-corrected chi connectivity index (χ3v) is 4.26. The number of carbonyl (C=O) groups excluding carboxylic acids is 1. The first-order valence-corrected chi connectivity index (χ1v) is 7.13. The van der Waals surface area contributed by atoms with Crippen molar-refractivity contribution in [3.63, 3.8) is 0 Å². The molecule has 2 fully saturated rings. The zero-order valence-electron chi connectivity index (χ0n) is 11.8. The van der Waals surface area contributed by atoms with Crippen LogP contribution in [0.4, 0.5) is 11.4 Å². The van der Waals surface area contributed by atoms with Crippen LogP contribution in [0.1, 0.15) is 13.3 Å². The largest absolute Gasteiger partial charge is 0.465 e.